The summed E-state index contributed by atoms with van der Waals surface area (Å²) in [6, 6.07) is 4.04. The van der Waals surface area contributed by atoms with Gasteiger partial charge in [-0.25, -0.2) is 0 Å². The summed E-state index contributed by atoms with van der Waals surface area (Å²) in [6.07, 6.45) is 4.28. The fourth-order valence-corrected chi connectivity index (χ4v) is 2.25. The van der Waals surface area contributed by atoms with Gasteiger partial charge in [0.05, 0.1) is 0 Å². The summed E-state index contributed by atoms with van der Waals surface area (Å²) in [5.74, 6) is 0.732. The Bertz CT molecular complexity index is 383. The lowest BCUT2D eigenvalue weighted by atomic mass is 10.1. The first-order valence-electron chi connectivity index (χ1n) is 6.59. The maximum Gasteiger partial charge on any atom is 0.222 e. The predicted molar refractivity (Wildman–Crippen MR) is 72.5 cm³/mol. The molecule has 1 amide bonds. The van der Waals surface area contributed by atoms with Crippen molar-refractivity contribution in [3.8, 4) is 0 Å². The molecule has 0 aliphatic carbocycles. The van der Waals surface area contributed by atoms with Crippen molar-refractivity contribution in [1.82, 2.24) is 9.88 Å². The third kappa shape index (κ3) is 3.22. The fraction of sp³-hybridized carbons (Fsp3) is 0.571. The minimum atomic E-state index is 0.291. The minimum absolute atomic E-state index is 0.291. The quantitative estimate of drug-likeness (QED) is 0.817. The lowest BCUT2D eigenvalue weighted by molar-refractivity contribution is -0.132. The van der Waals surface area contributed by atoms with Gasteiger partial charge in [0, 0.05) is 50.7 Å². The summed E-state index contributed by atoms with van der Waals surface area (Å²) in [6.45, 7) is 7.65. The van der Waals surface area contributed by atoms with Crippen LogP contribution in [0.25, 0.3) is 0 Å². The number of anilines is 1. The summed E-state index contributed by atoms with van der Waals surface area (Å²) in [7, 11) is 0. The van der Waals surface area contributed by atoms with Gasteiger partial charge in [-0.2, -0.15) is 0 Å². The minimum Gasteiger partial charge on any atom is -0.368 e. The Morgan fingerprint density at radius 3 is 2.39 bits per heavy atom. The smallest absolute Gasteiger partial charge is 0.222 e. The van der Waals surface area contributed by atoms with E-state index in [9.17, 15) is 4.79 Å². The van der Waals surface area contributed by atoms with E-state index in [-0.39, 0.29) is 0 Å². The van der Waals surface area contributed by atoms with E-state index in [1.807, 2.05) is 29.4 Å². The van der Waals surface area contributed by atoms with Gasteiger partial charge < -0.3 is 9.80 Å². The molecular weight excluding hydrogens is 226 g/mol. The fourth-order valence-electron chi connectivity index (χ4n) is 2.25. The van der Waals surface area contributed by atoms with E-state index >= 15 is 0 Å². The predicted octanol–water partition coefficient (Wildman–Crippen LogP) is 1.78. The first kappa shape index (κ1) is 12.9. The number of pyridine rings is 1. The molecule has 0 aromatic carbocycles. The zero-order valence-electron chi connectivity index (χ0n) is 11.2. The molecule has 1 aliphatic heterocycles. The van der Waals surface area contributed by atoms with Crippen LogP contribution in [0.5, 0.6) is 0 Å². The molecule has 2 rings (SSSR count). The van der Waals surface area contributed by atoms with E-state index in [1.165, 1.54) is 5.69 Å². The zero-order valence-corrected chi connectivity index (χ0v) is 11.2. The standard InChI is InChI=1S/C14H21N3O/c1-12(2)11-14(18)17-9-7-16(8-10-17)13-3-5-15-6-4-13/h3-6,12H,7-11H2,1-2H3. The second kappa shape index (κ2) is 5.85. The van der Waals surface area contributed by atoms with Crippen molar-refractivity contribution in [2.75, 3.05) is 31.1 Å². The summed E-state index contributed by atoms with van der Waals surface area (Å²) in [5.41, 5.74) is 1.20. The van der Waals surface area contributed by atoms with E-state index < -0.39 is 0 Å². The second-order valence-corrected chi connectivity index (χ2v) is 5.17. The van der Waals surface area contributed by atoms with Crippen LogP contribution in [-0.4, -0.2) is 42.0 Å². The molecule has 1 aromatic heterocycles. The summed E-state index contributed by atoms with van der Waals surface area (Å²) >= 11 is 0. The molecule has 1 saturated heterocycles. The molecule has 0 bridgehead atoms. The third-order valence-corrected chi connectivity index (χ3v) is 3.24. The Morgan fingerprint density at radius 2 is 1.83 bits per heavy atom. The normalized spacial score (nSPS) is 16.2. The van der Waals surface area contributed by atoms with E-state index in [1.54, 1.807) is 0 Å². The number of hydrogen-bond donors (Lipinski definition) is 0. The Morgan fingerprint density at radius 1 is 1.22 bits per heavy atom. The van der Waals surface area contributed by atoms with Gasteiger partial charge in [-0.15, -0.1) is 0 Å². The number of amides is 1. The Kier molecular flexibility index (Phi) is 4.18. The van der Waals surface area contributed by atoms with Gasteiger partial charge in [0.2, 0.25) is 5.91 Å². The first-order valence-corrected chi connectivity index (χ1v) is 6.59. The molecule has 0 atom stereocenters. The number of nitrogens with zero attached hydrogens (tertiary/aromatic N) is 3. The number of carbonyl (C=O) groups is 1. The molecule has 0 spiro atoms. The van der Waals surface area contributed by atoms with Gasteiger partial charge in [0.1, 0.15) is 0 Å². The van der Waals surface area contributed by atoms with Gasteiger partial charge in [-0.05, 0) is 18.1 Å². The molecule has 2 heterocycles. The molecule has 4 nitrogen and oxygen atoms in total. The van der Waals surface area contributed by atoms with Crippen molar-refractivity contribution in [3.05, 3.63) is 24.5 Å². The molecule has 4 heteroatoms. The highest BCUT2D eigenvalue weighted by Crippen LogP contribution is 2.15. The monoisotopic (exact) mass is 247 g/mol. The van der Waals surface area contributed by atoms with Crippen molar-refractivity contribution in [3.63, 3.8) is 0 Å². The van der Waals surface area contributed by atoms with Gasteiger partial charge in [-0.1, -0.05) is 13.8 Å². The zero-order chi connectivity index (χ0) is 13.0. The maximum atomic E-state index is 11.9. The Hall–Kier alpha value is -1.58. The summed E-state index contributed by atoms with van der Waals surface area (Å²) in [5, 5.41) is 0. The molecule has 0 N–H and O–H groups in total. The van der Waals surface area contributed by atoms with Gasteiger partial charge in [0.25, 0.3) is 0 Å². The van der Waals surface area contributed by atoms with Crippen LogP contribution < -0.4 is 4.90 Å². The number of carbonyl (C=O) groups excluding carboxylic acids is 1. The first-order chi connectivity index (χ1) is 8.66. The van der Waals surface area contributed by atoms with Crippen molar-refractivity contribution >= 4 is 11.6 Å². The molecular formula is C14H21N3O. The Labute approximate surface area is 109 Å². The van der Waals surface area contributed by atoms with Crippen LogP contribution in [0.2, 0.25) is 0 Å². The van der Waals surface area contributed by atoms with Crippen LogP contribution in [0.1, 0.15) is 20.3 Å². The van der Waals surface area contributed by atoms with Crippen LogP contribution >= 0.6 is 0 Å². The Balaban J connectivity index is 1.87. The van der Waals surface area contributed by atoms with E-state index in [0.717, 1.165) is 26.2 Å². The topological polar surface area (TPSA) is 36.4 Å². The number of rotatable bonds is 3. The van der Waals surface area contributed by atoms with Crippen LogP contribution in [0.15, 0.2) is 24.5 Å². The second-order valence-electron chi connectivity index (χ2n) is 5.17. The highest BCUT2D eigenvalue weighted by atomic mass is 16.2. The number of hydrogen-bond acceptors (Lipinski definition) is 3. The number of aromatic nitrogens is 1. The molecule has 98 valence electrons. The molecule has 0 saturated carbocycles. The maximum absolute atomic E-state index is 11.9. The molecule has 0 radical (unpaired) electrons. The van der Waals surface area contributed by atoms with E-state index in [4.69, 9.17) is 0 Å². The molecule has 1 aliphatic rings. The number of piperazine rings is 1. The van der Waals surface area contributed by atoms with Crippen molar-refractivity contribution in [1.29, 1.82) is 0 Å². The van der Waals surface area contributed by atoms with Crippen LogP contribution in [0.3, 0.4) is 0 Å². The van der Waals surface area contributed by atoms with Crippen molar-refractivity contribution in [2.45, 2.75) is 20.3 Å². The molecule has 0 unspecified atom stereocenters. The molecule has 18 heavy (non-hydrogen) atoms. The largest absolute Gasteiger partial charge is 0.368 e. The average Bonchev–Trinajstić information content (AvgIpc) is 2.39. The van der Waals surface area contributed by atoms with Gasteiger partial charge >= 0.3 is 0 Å². The highest BCUT2D eigenvalue weighted by Gasteiger charge is 2.21. The van der Waals surface area contributed by atoms with Crippen LogP contribution in [0, 0.1) is 5.92 Å². The van der Waals surface area contributed by atoms with Crippen LogP contribution in [0.4, 0.5) is 5.69 Å². The molecule has 1 fully saturated rings. The lowest BCUT2D eigenvalue weighted by Gasteiger charge is -2.36. The van der Waals surface area contributed by atoms with E-state index in [2.05, 4.69) is 23.7 Å². The third-order valence-electron chi connectivity index (χ3n) is 3.24. The van der Waals surface area contributed by atoms with Gasteiger partial charge in [-0.3, -0.25) is 9.78 Å². The van der Waals surface area contributed by atoms with Crippen molar-refractivity contribution in [2.24, 2.45) is 5.92 Å². The van der Waals surface area contributed by atoms with Crippen molar-refractivity contribution < 1.29 is 4.79 Å². The summed E-state index contributed by atoms with van der Waals surface area (Å²) in [4.78, 5) is 20.3. The highest BCUT2D eigenvalue weighted by molar-refractivity contribution is 5.76. The van der Waals surface area contributed by atoms with E-state index in [0.29, 0.717) is 18.2 Å². The summed E-state index contributed by atoms with van der Waals surface area (Å²) < 4.78 is 0. The van der Waals surface area contributed by atoms with Crippen LogP contribution in [-0.2, 0) is 4.79 Å². The molecule has 1 aromatic rings. The average molecular weight is 247 g/mol. The SMILES string of the molecule is CC(C)CC(=O)N1CCN(c2ccncc2)CC1. The van der Waals surface area contributed by atoms with Gasteiger partial charge in [0.15, 0.2) is 0 Å². The lowest BCUT2D eigenvalue weighted by Crippen LogP contribution is -2.49.